The Bertz CT molecular complexity index is 561. The topological polar surface area (TPSA) is 37.9 Å². The van der Waals surface area contributed by atoms with Crippen molar-refractivity contribution in [1.29, 1.82) is 0 Å². The second-order valence-corrected chi connectivity index (χ2v) is 4.41. The minimum Gasteiger partial charge on any atom is -0.492 e. The van der Waals surface area contributed by atoms with Crippen LogP contribution in [0.25, 0.3) is 11.1 Å². The first-order valence-corrected chi connectivity index (χ1v) is 6.06. The molecule has 0 spiro atoms. The van der Waals surface area contributed by atoms with Crippen molar-refractivity contribution in [2.75, 3.05) is 6.61 Å². The minimum atomic E-state index is -0.379. The van der Waals surface area contributed by atoms with Crippen molar-refractivity contribution in [3.8, 4) is 16.9 Å². The Balaban J connectivity index is 2.61. The highest BCUT2D eigenvalue weighted by atomic mass is 35.5. The van der Waals surface area contributed by atoms with Crippen LogP contribution in [0.3, 0.4) is 0 Å². The lowest BCUT2D eigenvalue weighted by molar-refractivity contribution is 0.340. The van der Waals surface area contributed by atoms with Crippen LogP contribution < -0.4 is 4.74 Å². The van der Waals surface area contributed by atoms with E-state index in [9.17, 15) is 4.39 Å². The van der Waals surface area contributed by atoms with Gasteiger partial charge in [0.05, 0.1) is 17.3 Å². The first kappa shape index (κ1) is 12.9. The molecule has 0 unspecified atom stereocenters. The molecule has 5 heteroatoms. The number of benzene rings is 1. The summed E-state index contributed by atoms with van der Waals surface area (Å²) in [5.74, 6) is 0.103. The number of nitrogens with one attached hydrogen (secondary N) is 1. The number of aryl methyl sites for hydroxylation is 2. The van der Waals surface area contributed by atoms with Crippen LogP contribution >= 0.6 is 11.6 Å². The quantitative estimate of drug-likeness (QED) is 0.917. The van der Waals surface area contributed by atoms with Crippen LogP contribution in [0.5, 0.6) is 5.75 Å². The number of hydrogen-bond acceptors (Lipinski definition) is 2. The highest BCUT2D eigenvalue weighted by Gasteiger charge is 2.16. The highest BCUT2D eigenvalue weighted by molar-refractivity contribution is 6.32. The summed E-state index contributed by atoms with van der Waals surface area (Å²) in [6.45, 7) is 6.01. The Kier molecular flexibility index (Phi) is 3.57. The fourth-order valence-electron chi connectivity index (χ4n) is 1.93. The molecular weight excluding hydrogens is 255 g/mol. The fourth-order valence-corrected chi connectivity index (χ4v) is 2.14. The van der Waals surface area contributed by atoms with Gasteiger partial charge in [0, 0.05) is 16.8 Å². The zero-order valence-electron chi connectivity index (χ0n) is 10.5. The van der Waals surface area contributed by atoms with E-state index >= 15 is 0 Å². The van der Waals surface area contributed by atoms with Gasteiger partial charge in [0.25, 0.3) is 0 Å². The standard InChI is InChI=1S/C13H14ClFN2O/c1-4-18-12-5-9(11(15)6-10(12)14)13-7(2)16-17-8(13)3/h5-6H,4H2,1-3H3,(H,16,17). The van der Waals surface area contributed by atoms with Gasteiger partial charge in [-0.25, -0.2) is 4.39 Å². The van der Waals surface area contributed by atoms with E-state index in [1.807, 2.05) is 20.8 Å². The Morgan fingerprint density at radius 3 is 2.67 bits per heavy atom. The Labute approximate surface area is 110 Å². The predicted octanol–water partition coefficient (Wildman–Crippen LogP) is 3.88. The first-order chi connectivity index (χ1) is 8.54. The van der Waals surface area contributed by atoms with Gasteiger partial charge in [-0.2, -0.15) is 5.10 Å². The fraction of sp³-hybridized carbons (Fsp3) is 0.308. The summed E-state index contributed by atoms with van der Waals surface area (Å²) in [5, 5.41) is 7.18. The molecule has 3 nitrogen and oxygen atoms in total. The lowest BCUT2D eigenvalue weighted by Gasteiger charge is -2.10. The molecule has 0 atom stereocenters. The second-order valence-electron chi connectivity index (χ2n) is 4.00. The van der Waals surface area contributed by atoms with Crippen LogP contribution in [-0.2, 0) is 0 Å². The van der Waals surface area contributed by atoms with Crippen molar-refractivity contribution in [2.24, 2.45) is 0 Å². The SMILES string of the molecule is CCOc1cc(-c2c(C)n[nH]c2C)c(F)cc1Cl. The largest absolute Gasteiger partial charge is 0.492 e. The highest BCUT2D eigenvalue weighted by Crippen LogP contribution is 2.35. The summed E-state index contributed by atoms with van der Waals surface area (Å²) in [6, 6.07) is 2.89. The van der Waals surface area contributed by atoms with E-state index in [2.05, 4.69) is 10.2 Å². The zero-order chi connectivity index (χ0) is 13.3. The molecule has 0 saturated carbocycles. The molecule has 1 N–H and O–H groups in total. The summed E-state index contributed by atoms with van der Waals surface area (Å²) in [7, 11) is 0. The summed E-state index contributed by atoms with van der Waals surface area (Å²) in [5.41, 5.74) is 2.77. The summed E-state index contributed by atoms with van der Waals surface area (Å²) in [6.07, 6.45) is 0. The second kappa shape index (κ2) is 4.98. The molecule has 0 bridgehead atoms. The average Bonchev–Trinajstić information content (AvgIpc) is 2.63. The molecular formula is C13H14ClFN2O. The number of aromatic nitrogens is 2. The van der Waals surface area contributed by atoms with Crippen molar-refractivity contribution in [3.63, 3.8) is 0 Å². The maximum Gasteiger partial charge on any atom is 0.138 e. The Morgan fingerprint density at radius 1 is 1.39 bits per heavy atom. The average molecular weight is 269 g/mol. The van der Waals surface area contributed by atoms with Crippen molar-refractivity contribution >= 4 is 11.6 Å². The molecule has 18 heavy (non-hydrogen) atoms. The normalized spacial score (nSPS) is 10.7. The smallest absolute Gasteiger partial charge is 0.138 e. The summed E-state index contributed by atoms with van der Waals surface area (Å²) in [4.78, 5) is 0. The van der Waals surface area contributed by atoms with Gasteiger partial charge in [-0.1, -0.05) is 11.6 Å². The molecule has 1 heterocycles. The van der Waals surface area contributed by atoms with Crippen LogP contribution in [0.1, 0.15) is 18.3 Å². The van der Waals surface area contributed by atoms with Gasteiger partial charge >= 0.3 is 0 Å². The summed E-state index contributed by atoms with van der Waals surface area (Å²) >= 11 is 5.93. The number of halogens is 2. The maximum absolute atomic E-state index is 14.0. The van der Waals surface area contributed by atoms with Crippen molar-refractivity contribution in [1.82, 2.24) is 10.2 Å². The lowest BCUT2D eigenvalue weighted by atomic mass is 10.0. The van der Waals surface area contributed by atoms with E-state index in [-0.39, 0.29) is 10.8 Å². The van der Waals surface area contributed by atoms with Crippen LogP contribution in [0.2, 0.25) is 5.02 Å². The third kappa shape index (κ3) is 2.20. The molecule has 0 aliphatic heterocycles. The minimum absolute atomic E-state index is 0.275. The third-order valence-corrected chi connectivity index (χ3v) is 3.01. The van der Waals surface area contributed by atoms with Gasteiger partial charge in [0.15, 0.2) is 0 Å². The molecule has 1 aromatic carbocycles. The van der Waals surface area contributed by atoms with Gasteiger partial charge in [-0.15, -0.1) is 0 Å². The summed E-state index contributed by atoms with van der Waals surface area (Å²) < 4.78 is 19.4. The Morgan fingerprint density at radius 2 is 2.11 bits per heavy atom. The predicted molar refractivity (Wildman–Crippen MR) is 69.6 cm³/mol. The van der Waals surface area contributed by atoms with E-state index in [4.69, 9.17) is 16.3 Å². The van der Waals surface area contributed by atoms with Crippen molar-refractivity contribution in [3.05, 3.63) is 34.4 Å². The van der Waals surface area contributed by atoms with Gasteiger partial charge in [-0.3, -0.25) is 5.10 Å². The molecule has 0 fully saturated rings. The number of hydrogen-bond donors (Lipinski definition) is 1. The third-order valence-electron chi connectivity index (χ3n) is 2.72. The molecule has 0 amide bonds. The number of H-pyrrole nitrogens is 1. The van der Waals surface area contributed by atoms with Crippen LogP contribution in [0.4, 0.5) is 4.39 Å². The van der Waals surface area contributed by atoms with Gasteiger partial charge < -0.3 is 4.74 Å². The first-order valence-electron chi connectivity index (χ1n) is 5.68. The van der Waals surface area contributed by atoms with E-state index in [0.29, 0.717) is 17.9 Å². The molecule has 0 radical (unpaired) electrons. The molecule has 1 aromatic heterocycles. The van der Waals surface area contributed by atoms with Gasteiger partial charge in [-0.05, 0) is 32.9 Å². The van der Waals surface area contributed by atoms with E-state index in [1.54, 1.807) is 6.07 Å². The molecule has 96 valence electrons. The molecule has 2 aromatic rings. The number of nitrogens with zero attached hydrogens (tertiary/aromatic N) is 1. The molecule has 2 rings (SSSR count). The van der Waals surface area contributed by atoms with Crippen LogP contribution in [0, 0.1) is 19.7 Å². The molecule has 0 aliphatic carbocycles. The van der Waals surface area contributed by atoms with E-state index in [0.717, 1.165) is 17.0 Å². The van der Waals surface area contributed by atoms with E-state index < -0.39 is 0 Å². The molecule has 0 saturated heterocycles. The monoisotopic (exact) mass is 268 g/mol. The van der Waals surface area contributed by atoms with Crippen LogP contribution in [0.15, 0.2) is 12.1 Å². The van der Waals surface area contributed by atoms with Crippen molar-refractivity contribution < 1.29 is 9.13 Å². The van der Waals surface area contributed by atoms with Crippen molar-refractivity contribution in [2.45, 2.75) is 20.8 Å². The van der Waals surface area contributed by atoms with Gasteiger partial charge in [0.1, 0.15) is 11.6 Å². The maximum atomic E-state index is 14.0. The number of rotatable bonds is 3. The van der Waals surface area contributed by atoms with E-state index in [1.165, 1.54) is 6.07 Å². The zero-order valence-corrected chi connectivity index (χ0v) is 11.2. The lowest BCUT2D eigenvalue weighted by Crippen LogP contribution is -1.95. The number of aromatic amines is 1. The number of ether oxygens (including phenoxy) is 1. The Hall–Kier alpha value is -1.55. The molecule has 0 aliphatic rings. The van der Waals surface area contributed by atoms with Gasteiger partial charge in [0.2, 0.25) is 0 Å². The van der Waals surface area contributed by atoms with Crippen LogP contribution in [-0.4, -0.2) is 16.8 Å².